The number of carbonyl (C=O) groups excluding carboxylic acids is 1. The van der Waals surface area contributed by atoms with Crippen molar-refractivity contribution < 1.29 is 13.9 Å². The minimum Gasteiger partial charge on any atom is -0.380 e. The molecule has 8 nitrogen and oxygen atoms in total. The Kier molecular flexibility index (Phi) is 4.14. The van der Waals surface area contributed by atoms with Gasteiger partial charge < -0.3 is 20.7 Å². The summed E-state index contributed by atoms with van der Waals surface area (Å²) in [6.45, 7) is 2.75. The van der Waals surface area contributed by atoms with Crippen LogP contribution in [-0.4, -0.2) is 53.2 Å². The van der Waals surface area contributed by atoms with Gasteiger partial charge in [-0.25, -0.2) is 14.4 Å². The summed E-state index contributed by atoms with van der Waals surface area (Å²) < 4.78 is 19.2. The predicted octanol–water partition coefficient (Wildman–Crippen LogP) is 1.58. The standard InChI is InChI=1S/C20H19FN6O2/c21-13-4-12-2-1-3-23-18(12)14(5-13)26-19(28)15-6-25-17(7-24-15)27-8-16(22)20(9-27)10-29-11-20/h1-7,16H,8-11,22H2,(H,26,28). The Morgan fingerprint density at radius 2 is 2.14 bits per heavy atom. The molecule has 1 unspecified atom stereocenters. The fourth-order valence-corrected chi connectivity index (χ4v) is 3.88. The van der Waals surface area contributed by atoms with Gasteiger partial charge in [-0.2, -0.15) is 0 Å². The Labute approximate surface area is 165 Å². The summed E-state index contributed by atoms with van der Waals surface area (Å²) in [6.07, 6.45) is 4.56. The largest absolute Gasteiger partial charge is 0.380 e. The van der Waals surface area contributed by atoms with Crippen LogP contribution >= 0.6 is 0 Å². The predicted molar refractivity (Wildman–Crippen MR) is 105 cm³/mol. The zero-order valence-corrected chi connectivity index (χ0v) is 15.5. The third-order valence-corrected chi connectivity index (χ3v) is 5.60. The molecular formula is C20H19FN6O2. The van der Waals surface area contributed by atoms with Crippen molar-refractivity contribution >= 4 is 28.3 Å². The lowest BCUT2D eigenvalue weighted by Crippen LogP contribution is -2.54. The van der Waals surface area contributed by atoms with Crippen molar-refractivity contribution in [3.63, 3.8) is 0 Å². The van der Waals surface area contributed by atoms with Crippen LogP contribution in [0.5, 0.6) is 0 Å². The summed E-state index contributed by atoms with van der Waals surface area (Å²) >= 11 is 0. The number of hydrogen-bond acceptors (Lipinski definition) is 7. The number of nitrogens with one attached hydrogen (secondary N) is 1. The van der Waals surface area contributed by atoms with Gasteiger partial charge in [-0.3, -0.25) is 9.78 Å². The van der Waals surface area contributed by atoms with Crippen LogP contribution < -0.4 is 16.0 Å². The molecule has 29 heavy (non-hydrogen) atoms. The summed E-state index contributed by atoms with van der Waals surface area (Å²) in [5.74, 6) is -0.274. The second-order valence-electron chi connectivity index (χ2n) is 7.58. The summed E-state index contributed by atoms with van der Waals surface area (Å²) in [5.41, 5.74) is 7.17. The van der Waals surface area contributed by atoms with Gasteiger partial charge in [0.1, 0.15) is 17.3 Å². The Morgan fingerprint density at radius 3 is 2.83 bits per heavy atom. The lowest BCUT2D eigenvalue weighted by molar-refractivity contribution is -0.106. The third-order valence-electron chi connectivity index (χ3n) is 5.60. The highest BCUT2D eigenvalue weighted by Crippen LogP contribution is 2.38. The highest BCUT2D eigenvalue weighted by Gasteiger charge is 2.50. The number of anilines is 2. The van der Waals surface area contributed by atoms with E-state index in [1.165, 1.54) is 18.3 Å². The van der Waals surface area contributed by atoms with Crippen LogP contribution in [0, 0.1) is 11.2 Å². The number of fused-ring (bicyclic) bond motifs is 1. The molecule has 148 valence electrons. The monoisotopic (exact) mass is 394 g/mol. The average molecular weight is 394 g/mol. The SMILES string of the molecule is NC1CN(c2cnc(C(=O)Nc3cc(F)cc4cccnc34)cn2)CC12COC2. The van der Waals surface area contributed by atoms with Gasteiger partial charge in [-0.1, -0.05) is 6.07 Å². The van der Waals surface area contributed by atoms with E-state index in [0.717, 1.165) is 6.54 Å². The lowest BCUT2D eigenvalue weighted by Gasteiger charge is -2.40. The molecule has 2 saturated heterocycles. The molecule has 2 fully saturated rings. The fraction of sp³-hybridized carbons (Fsp3) is 0.300. The van der Waals surface area contributed by atoms with Crippen LogP contribution in [0.2, 0.25) is 0 Å². The van der Waals surface area contributed by atoms with E-state index in [4.69, 9.17) is 10.5 Å². The number of nitrogens with zero attached hydrogens (tertiary/aromatic N) is 4. The maximum Gasteiger partial charge on any atom is 0.275 e. The Bertz CT molecular complexity index is 1090. The Morgan fingerprint density at radius 1 is 1.28 bits per heavy atom. The number of pyridine rings is 1. The number of nitrogens with two attached hydrogens (primary N) is 1. The number of ether oxygens (including phenoxy) is 1. The summed E-state index contributed by atoms with van der Waals surface area (Å²) in [5, 5.41) is 3.28. The van der Waals surface area contributed by atoms with Crippen LogP contribution in [0.15, 0.2) is 42.9 Å². The van der Waals surface area contributed by atoms with Crippen LogP contribution in [0.4, 0.5) is 15.9 Å². The Balaban J connectivity index is 1.34. The first-order valence-corrected chi connectivity index (χ1v) is 9.30. The maximum absolute atomic E-state index is 13.9. The molecule has 3 aromatic rings. The van der Waals surface area contributed by atoms with Crippen molar-refractivity contribution in [2.24, 2.45) is 11.1 Å². The number of aromatic nitrogens is 3. The minimum atomic E-state index is -0.483. The molecule has 2 aromatic heterocycles. The van der Waals surface area contributed by atoms with Crippen molar-refractivity contribution in [2.75, 3.05) is 36.5 Å². The zero-order valence-electron chi connectivity index (χ0n) is 15.5. The van der Waals surface area contributed by atoms with E-state index in [2.05, 4.69) is 25.2 Å². The van der Waals surface area contributed by atoms with Crippen molar-refractivity contribution in [1.82, 2.24) is 15.0 Å². The van der Waals surface area contributed by atoms with Gasteiger partial charge >= 0.3 is 0 Å². The molecule has 0 aliphatic carbocycles. The Hall–Kier alpha value is -3.17. The smallest absolute Gasteiger partial charge is 0.275 e. The van der Waals surface area contributed by atoms with Crippen molar-refractivity contribution in [3.8, 4) is 0 Å². The van der Waals surface area contributed by atoms with Crippen LogP contribution in [0.25, 0.3) is 10.9 Å². The van der Waals surface area contributed by atoms with Crippen molar-refractivity contribution in [1.29, 1.82) is 0 Å². The first-order valence-electron chi connectivity index (χ1n) is 9.30. The summed E-state index contributed by atoms with van der Waals surface area (Å²) in [4.78, 5) is 27.5. The van der Waals surface area contributed by atoms with Gasteiger partial charge in [0.25, 0.3) is 5.91 Å². The van der Waals surface area contributed by atoms with Crippen LogP contribution in [0.3, 0.4) is 0 Å². The highest BCUT2D eigenvalue weighted by atomic mass is 19.1. The van der Waals surface area contributed by atoms with E-state index in [1.54, 1.807) is 24.5 Å². The van der Waals surface area contributed by atoms with Gasteiger partial charge in [-0.05, 0) is 18.2 Å². The molecule has 1 spiro atoms. The van der Waals surface area contributed by atoms with E-state index in [0.29, 0.717) is 36.5 Å². The molecule has 1 atom stereocenters. The number of rotatable bonds is 3. The maximum atomic E-state index is 13.9. The molecule has 2 aliphatic heterocycles. The topological polar surface area (TPSA) is 106 Å². The van der Waals surface area contributed by atoms with Crippen LogP contribution in [-0.2, 0) is 4.74 Å². The number of amides is 1. The zero-order chi connectivity index (χ0) is 20.0. The molecule has 9 heteroatoms. The molecule has 0 bridgehead atoms. The summed E-state index contributed by atoms with van der Waals surface area (Å²) in [6, 6.07) is 6.07. The van der Waals surface area contributed by atoms with Gasteiger partial charge in [0.05, 0.1) is 42.2 Å². The molecule has 1 amide bonds. The van der Waals surface area contributed by atoms with E-state index >= 15 is 0 Å². The van der Waals surface area contributed by atoms with Gasteiger partial charge in [0.15, 0.2) is 0 Å². The molecule has 5 rings (SSSR count). The number of hydrogen-bond donors (Lipinski definition) is 2. The molecule has 3 N–H and O–H groups in total. The van der Waals surface area contributed by atoms with E-state index in [1.807, 2.05) is 0 Å². The van der Waals surface area contributed by atoms with Crippen molar-refractivity contribution in [3.05, 3.63) is 54.4 Å². The summed E-state index contributed by atoms with van der Waals surface area (Å²) in [7, 11) is 0. The second-order valence-corrected chi connectivity index (χ2v) is 7.58. The first kappa shape index (κ1) is 17.9. The third kappa shape index (κ3) is 3.08. The van der Waals surface area contributed by atoms with Gasteiger partial charge in [0, 0.05) is 30.7 Å². The average Bonchev–Trinajstić information content (AvgIpc) is 3.06. The van der Waals surface area contributed by atoms with E-state index < -0.39 is 11.7 Å². The van der Waals surface area contributed by atoms with Gasteiger partial charge in [-0.15, -0.1) is 0 Å². The lowest BCUT2D eigenvalue weighted by atomic mass is 9.82. The van der Waals surface area contributed by atoms with Gasteiger partial charge in [0.2, 0.25) is 0 Å². The molecule has 0 saturated carbocycles. The first-order chi connectivity index (χ1) is 14.0. The van der Waals surface area contributed by atoms with E-state index in [-0.39, 0.29) is 22.8 Å². The minimum absolute atomic E-state index is 0.0107. The molecular weight excluding hydrogens is 375 g/mol. The normalized spacial score (nSPS) is 20.1. The second kappa shape index (κ2) is 6.71. The van der Waals surface area contributed by atoms with Crippen LogP contribution in [0.1, 0.15) is 10.5 Å². The highest BCUT2D eigenvalue weighted by molar-refractivity contribution is 6.07. The van der Waals surface area contributed by atoms with E-state index in [9.17, 15) is 9.18 Å². The molecule has 4 heterocycles. The quantitative estimate of drug-likeness (QED) is 0.695. The molecule has 1 aromatic carbocycles. The molecule has 2 aliphatic rings. The number of halogens is 1. The number of benzene rings is 1. The molecule has 0 radical (unpaired) electrons. The van der Waals surface area contributed by atoms with Crippen molar-refractivity contribution in [2.45, 2.75) is 6.04 Å². The number of carbonyl (C=O) groups is 1. The fourth-order valence-electron chi connectivity index (χ4n) is 3.88.